The van der Waals surface area contributed by atoms with E-state index in [1.54, 1.807) is 6.08 Å². The van der Waals surface area contributed by atoms with Crippen LogP contribution < -0.4 is 4.72 Å². The van der Waals surface area contributed by atoms with Gasteiger partial charge in [-0.15, -0.1) is 0 Å². The fourth-order valence-electron chi connectivity index (χ4n) is 2.74. The summed E-state index contributed by atoms with van der Waals surface area (Å²) in [4.78, 5) is 0.467. The third kappa shape index (κ3) is 5.82. The molecule has 140 valence electrons. The fraction of sp³-hybridized carbons (Fsp3) is 0.524. The molecule has 0 saturated carbocycles. The van der Waals surface area contributed by atoms with Gasteiger partial charge in [-0.2, -0.15) is 0 Å². The van der Waals surface area contributed by atoms with E-state index in [9.17, 15) is 8.42 Å². The number of hydrogen-bond acceptors (Lipinski definition) is 2. The van der Waals surface area contributed by atoms with Gasteiger partial charge in [0.1, 0.15) is 0 Å². The quantitative estimate of drug-likeness (QED) is 0.467. The summed E-state index contributed by atoms with van der Waals surface area (Å²) < 4.78 is 28.8. The molecular formula is C21H33NO2S. The molecule has 0 aliphatic rings. The second kappa shape index (κ2) is 9.35. The minimum absolute atomic E-state index is 0.142. The summed E-state index contributed by atoms with van der Waals surface area (Å²) in [6, 6.07) is 4.13. The van der Waals surface area contributed by atoms with Crippen molar-refractivity contribution in [3.63, 3.8) is 0 Å². The molecular weight excluding hydrogens is 330 g/mol. The van der Waals surface area contributed by atoms with Gasteiger partial charge < -0.3 is 0 Å². The molecule has 4 heteroatoms. The maximum absolute atomic E-state index is 13.0. The monoisotopic (exact) mass is 363 g/mol. The van der Waals surface area contributed by atoms with Crippen LogP contribution in [0, 0.1) is 0 Å². The van der Waals surface area contributed by atoms with Gasteiger partial charge in [0, 0.05) is 6.54 Å². The van der Waals surface area contributed by atoms with E-state index in [-0.39, 0.29) is 11.8 Å². The van der Waals surface area contributed by atoms with Crippen LogP contribution in [0.3, 0.4) is 0 Å². The van der Waals surface area contributed by atoms with Gasteiger partial charge in [0.05, 0.1) is 4.90 Å². The van der Waals surface area contributed by atoms with E-state index in [1.807, 2.05) is 12.2 Å². The van der Waals surface area contributed by atoms with Gasteiger partial charge in [0.15, 0.2) is 0 Å². The molecule has 0 amide bonds. The van der Waals surface area contributed by atoms with Gasteiger partial charge in [-0.3, -0.25) is 0 Å². The summed E-state index contributed by atoms with van der Waals surface area (Å²) in [7, 11) is -3.55. The number of rotatable bonds is 9. The summed E-state index contributed by atoms with van der Waals surface area (Å²) in [6.07, 6.45) is 6.06. The van der Waals surface area contributed by atoms with E-state index in [0.717, 1.165) is 11.1 Å². The SMILES string of the molecule is C=C/C=C/CCNS(=O)(=O)c1c(C(C)C)cc(C(C)C)cc1C(C)C. The molecule has 1 aromatic carbocycles. The molecule has 1 aromatic rings. The molecule has 0 saturated heterocycles. The molecule has 0 radical (unpaired) electrons. The third-order valence-corrected chi connectivity index (χ3v) is 5.82. The van der Waals surface area contributed by atoms with Crippen LogP contribution >= 0.6 is 0 Å². The average molecular weight is 364 g/mol. The van der Waals surface area contributed by atoms with Crippen molar-refractivity contribution < 1.29 is 8.42 Å². The lowest BCUT2D eigenvalue weighted by Crippen LogP contribution is -2.27. The summed E-state index contributed by atoms with van der Waals surface area (Å²) in [6.45, 7) is 16.5. The Morgan fingerprint density at radius 2 is 1.52 bits per heavy atom. The predicted octanol–water partition coefficient (Wildman–Crippen LogP) is 5.47. The smallest absolute Gasteiger partial charge is 0.211 e. The molecule has 0 aliphatic carbocycles. The normalized spacial score (nSPS) is 12.7. The predicted molar refractivity (Wildman–Crippen MR) is 108 cm³/mol. The number of sulfonamides is 1. The van der Waals surface area contributed by atoms with E-state index < -0.39 is 10.0 Å². The van der Waals surface area contributed by atoms with Gasteiger partial charge in [0.2, 0.25) is 10.0 Å². The van der Waals surface area contributed by atoms with Gasteiger partial charge in [-0.25, -0.2) is 13.1 Å². The van der Waals surface area contributed by atoms with Gasteiger partial charge in [-0.05, 0) is 40.9 Å². The molecule has 3 nitrogen and oxygen atoms in total. The molecule has 0 atom stereocenters. The first-order valence-electron chi connectivity index (χ1n) is 9.06. The number of hydrogen-bond donors (Lipinski definition) is 1. The van der Waals surface area contributed by atoms with Crippen LogP contribution in [-0.4, -0.2) is 15.0 Å². The highest BCUT2D eigenvalue weighted by Gasteiger charge is 2.26. The minimum atomic E-state index is -3.55. The second-order valence-corrected chi connectivity index (χ2v) is 9.05. The van der Waals surface area contributed by atoms with E-state index in [1.165, 1.54) is 5.56 Å². The second-order valence-electron chi connectivity index (χ2n) is 7.34. The van der Waals surface area contributed by atoms with Crippen LogP contribution in [0.25, 0.3) is 0 Å². The largest absolute Gasteiger partial charge is 0.241 e. The first kappa shape index (κ1) is 21.7. The maximum atomic E-state index is 13.0. The van der Waals surface area contributed by atoms with Crippen LogP contribution in [0.1, 0.15) is 82.4 Å². The Bertz CT molecular complexity index is 684. The molecule has 0 unspecified atom stereocenters. The molecule has 0 aliphatic heterocycles. The topological polar surface area (TPSA) is 46.2 Å². The molecule has 1 N–H and O–H groups in total. The Morgan fingerprint density at radius 1 is 1.00 bits per heavy atom. The van der Waals surface area contributed by atoms with Crippen LogP contribution in [0.15, 0.2) is 41.8 Å². The van der Waals surface area contributed by atoms with Crippen LogP contribution in [0.4, 0.5) is 0 Å². The fourth-order valence-corrected chi connectivity index (χ4v) is 4.48. The van der Waals surface area contributed by atoms with Crippen LogP contribution in [-0.2, 0) is 10.0 Å². The Morgan fingerprint density at radius 3 is 1.92 bits per heavy atom. The Kier molecular flexibility index (Phi) is 8.10. The van der Waals surface area contributed by atoms with Crippen molar-refractivity contribution in [2.45, 2.75) is 70.6 Å². The summed E-state index contributed by atoms with van der Waals surface area (Å²) in [5.74, 6) is 0.649. The van der Waals surface area contributed by atoms with Crippen LogP contribution in [0.5, 0.6) is 0 Å². The maximum Gasteiger partial charge on any atom is 0.241 e. The highest BCUT2D eigenvalue weighted by molar-refractivity contribution is 7.89. The number of benzene rings is 1. The average Bonchev–Trinajstić information content (AvgIpc) is 2.53. The van der Waals surface area contributed by atoms with Crippen molar-refractivity contribution >= 4 is 10.0 Å². The molecule has 25 heavy (non-hydrogen) atoms. The van der Waals surface area contributed by atoms with Crippen molar-refractivity contribution in [3.05, 3.63) is 53.6 Å². The van der Waals surface area contributed by atoms with E-state index in [2.05, 4.69) is 65.0 Å². The van der Waals surface area contributed by atoms with Crippen molar-refractivity contribution in [1.29, 1.82) is 0 Å². The number of allylic oxidation sites excluding steroid dienone is 2. The molecule has 0 bridgehead atoms. The zero-order valence-electron chi connectivity index (χ0n) is 16.5. The third-order valence-electron chi connectivity index (χ3n) is 4.22. The van der Waals surface area contributed by atoms with E-state index in [0.29, 0.717) is 23.8 Å². The van der Waals surface area contributed by atoms with E-state index >= 15 is 0 Å². The van der Waals surface area contributed by atoms with Crippen molar-refractivity contribution in [2.24, 2.45) is 0 Å². The zero-order valence-corrected chi connectivity index (χ0v) is 17.3. The Labute approximate surface area is 154 Å². The highest BCUT2D eigenvalue weighted by atomic mass is 32.2. The van der Waals surface area contributed by atoms with Crippen molar-refractivity contribution in [3.8, 4) is 0 Å². The first-order valence-corrected chi connectivity index (χ1v) is 10.5. The molecule has 0 spiro atoms. The lowest BCUT2D eigenvalue weighted by molar-refractivity contribution is 0.576. The minimum Gasteiger partial charge on any atom is -0.211 e. The molecule has 0 heterocycles. The summed E-state index contributed by atoms with van der Waals surface area (Å²) in [5.41, 5.74) is 3.01. The van der Waals surface area contributed by atoms with E-state index in [4.69, 9.17) is 0 Å². The Balaban J connectivity index is 3.39. The highest BCUT2D eigenvalue weighted by Crippen LogP contribution is 2.34. The molecule has 1 rings (SSSR count). The van der Waals surface area contributed by atoms with Crippen LogP contribution in [0.2, 0.25) is 0 Å². The lowest BCUT2D eigenvalue weighted by Gasteiger charge is -2.22. The molecule has 0 aromatic heterocycles. The van der Waals surface area contributed by atoms with Gasteiger partial charge in [-0.1, -0.05) is 78.5 Å². The lowest BCUT2D eigenvalue weighted by atomic mass is 9.89. The number of nitrogens with one attached hydrogen (secondary N) is 1. The summed E-state index contributed by atoms with van der Waals surface area (Å²) in [5, 5.41) is 0. The van der Waals surface area contributed by atoms with Gasteiger partial charge in [0.25, 0.3) is 0 Å². The summed E-state index contributed by atoms with van der Waals surface area (Å²) >= 11 is 0. The van der Waals surface area contributed by atoms with Gasteiger partial charge >= 0.3 is 0 Å². The zero-order chi connectivity index (χ0) is 19.2. The standard InChI is InChI=1S/C21H33NO2S/c1-8-9-10-11-12-22-25(23,24)21-19(16(4)5)13-18(15(2)3)14-20(21)17(6)7/h8-10,13-17,22H,1,11-12H2,2-7H3/b10-9+. The van der Waals surface area contributed by atoms with Crippen molar-refractivity contribution in [1.82, 2.24) is 4.72 Å². The Hall–Kier alpha value is -1.39. The molecule has 0 fully saturated rings. The van der Waals surface area contributed by atoms with Crippen molar-refractivity contribution in [2.75, 3.05) is 6.54 Å². The first-order chi connectivity index (χ1) is 11.6.